The Morgan fingerprint density at radius 1 is 1.00 bits per heavy atom. The fraction of sp³-hybridized carbons (Fsp3) is 0.115. The zero-order valence-electron chi connectivity index (χ0n) is 19.0. The van der Waals surface area contributed by atoms with Crippen LogP contribution < -0.4 is 16.0 Å². The molecular weight excluding hydrogens is 560 g/mol. The molecule has 1 amide bonds. The van der Waals surface area contributed by atoms with Crippen LogP contribution in [0.5, 0.6) is 0 Å². The van der Waals surface area contributed by atoms with Crippen molar-refractivity contribution in [2.24, 2.45) is 0 Å². The third-order valence-corrected chi connectivity index (χ3v) is 7.54. The zero-order chi connectivity index (χ0) is 24.8. The fourth-order valence-corrected chi connectivity index (χ4v) is 5.28. The number of anilines is 3. The summed E-state index contributed by atoms with van der Waals surface area (Å²) in [4.78, 5) is 18.3. The van der Waals surface area contributed by atoms with Crippen molar-refractivity contribution in [1.82, 2.24) is 4.98 Å². The minimum atomic E-state index is -0.303. The first-order chi connectivity index (χ1) is 16.9. The molecule has 1 heterocycles. The molecule has 0 bridgehead atoms. The Kier molecular flexibility index (Phi) is 8.56. The van der Waals surface area contributed by atoms with Crippen molar-refractivity contribution in [3.8, 4) is 11.3 Å². The smallest absolute Gasteiger partial charge is 0.239 e. The van der Waals surface area contributed by atoms with Crippen molar-refractivity contribution in [1.29, 1.82) is 0 Å². The molecule has 5 nitrogen and oxygen atoms in total. The molecule has 9 heteroatoms. The maximum absolute atomic E-state index is 12.8. The molecule has 0 radical (unpaired) electrons. The van der Waals surface area contributed by atoms with E-state index in [-0.39, 0.29) is 11.2 Å². The number of thioether (sulfide) groups is 1. The van der Waals surface area contributed by atoms with Gasteiger partial charge in [0, 0.05) is 31.7 Å². The largest absolute Gasteiger partial charge is 0.332 e. The highest BCUT2D eigenvalue weighted by molar-refractivity contribution is 9.10. The zero-order valence-corrected chi connectivity index (χ0v) is 23.1. The monoisotopic (exact) mass is 582 g/mol. The quantitative estimate of drug-likeness (QED) is 0.152. The van der Waals surface area contributed by atoms with Crippen LogP contribution in [0.15, 0.2) is 87.5 Å². The van der Waals surface area contributed by atoms with Crippen molar-refractivity contribution in [2.45, 2.75) is 24.0 Å². The van der Waals surface area contributed by atoms with E-state index in [0.717, 1.165) is 32.0 Å². The van der Waals surface area contributed by atoms with E-state index in [4.69, 9.17) is 12.2 Å². The minimum absolute atomic E-state index is 0.0957. The second-order valence-corrected chi connectivity index (χ2v) is 11.4. The second-order valence-electron chi connectivity index (χ2n) is 7.77. The summed E-state index contributed by atoms with van der Waals surface area (Å²) in [7, 11) is 0. The average Bonchev–Trinajstić information content (AvgIpc) is 3.29. The number of thiocarbonyl (C=S) groups is 1. The van der Waals surface area contributed by atoms with Crippen LogP contribution in [0.2, 0.25) is 0 Å². The summed E-state index contributed by atoms with van der Waals surface area (Å²) in [6.45, 7) is 3.93. The van der Waals surface area contributed by atoms with E-state index in [1.165, 1.54) is 28.7 Å². The van der Waals surface area contributed by atoms with Gasteiger partial charge in [0.15, 0.2) is 10.2 Å². The van der Waals surface area contributed by atoms with Gasteiger partial charge in [-0.3, -0.25) is 4.79 Å². The number of carbonyl (C=O) groups is 1. The summed E-state index contributed by atoms with van der Waals surface area (Å²) in [6, 6.07) is 23.8. The number of aryl methyl sites for hydroxylation is 1. The summed E-state index contributed by atoms with van der Waals surface area (Å²) in [5.41, 5.74) is 4.82. The van der Waals surface area contributed by atoms with Gasteiger partial charge in [0.1, 0.15) is 0 Å². The molecule has 178 valence electrons. The highest BCUT2D eigenvalue weighted by atomic mass is 79.9. The first kappa shape index (κ1) is 25.4. The molecule has 0 aliphatic heterocycles. The third-order valence-electron chi connectivity index (χ3n) is 4.96. The topological polar surface area (TPSA) is 66.0 Å². The maximum Gasteiger partial charge on any atom is 0.239 e. The van der Waals surface area contributed by atoms with E-state index in [0.29, 0.717) is 10.2 Å². The third kappa shape index (κ3) is 7.38. The summed E-state index contributed by atoms with van der Waals surface area (Å²) >= 11 is 11.8. The lowest BCUT2D eigenvalue weighted by molar-refractivity contribution is -0.115. The number of amides is 1. The standard InChI is InChI=1S/C26H23BrN4OS3/c1-16-6-12-20(13-7-16)28-25(33)29-21-4-3-5-22(14-21)35-17(2)24(32)31-26-30-23(15-34-26)18-8-10-19(27)11-9-18/h3-15,17H,1-2H3,(H2,28,29,33)(H,30,31,32). The number of hydrogen-bond acceptors (Lipinski definition) is 5. The Balaban J connectivity index is 1.32. The molecule has 0 saturated carbocycles. The predicted molar refractivity (Wildman–Crippen MR) is 157 cm³/mol. The fourth-order valence-electron chi connectivity index (χ4n) is 3.13. The SMILES string of the molecule is Cc1ccc(NC(=S)Nc2cccc(SC(C)C(=O)Nc3nc(-c4ccc(Br)cc4)cs3)c2)cc1. The number of nitrogens with one attached hydrogen (secondary N) is 3. The van der Waals surface area contributed by atoms with Crippen LogP contribution in [0.1, 0.15) is 12.5 Å². The number of thiazole rings is 1. The van der Waals surface area contributed by atoms with E-state index < -0.39 is 0 Å². The number of halogens is 1. The second kappa shape index (κ2) is 11.8. The van der Waals surface area contributed by atoms with Crippen molar-refractivity contribution in [3.63, 3.8) is 0 Å². The number of nitrogens with zero attached hydrogens (tertiary/aromatic N) is 1. The van der Waals surface area contributed by atoms with Crippen molar-refractivity contribution in [3.05, 3.63) is 88.2 Å². The molecule has 3 aromatic carbocycles. The van der Waals surface area contributed by atoms with Crippen LogP contribution in [-0.4, -0.2) is 21.3 Å². The van der Waals surface area contributed by atoms with Gasteiger partial charge in [-0.05, 0) is 68.5 Å². The lowest BCUT2D eigenvalue weighted by Crippen LogP contribution is -2.22. The van der Waals surface area contributed by atoms with E-state index in [1.807, 2.05) is 92.0 Å². The number of hydrogen-bond donors (Lipinski definition) is 3. The minimum Gasteiger partial charge on any atom is -0.332 e. The van der Waals surface area contributed by atoms with Crippen molar-refractivity contribution < 1.29 is 4.79 Å². The highest BCUT2D eigenvalue weighted by Crippen LogP contribution is 2.29. The molecule has 0 aliphatic rings. The normalized spacial score (nSPS) is 11.5. The molecule has 1 atom stereocenters. The van der Waals surface area contributed by atoms with Gasteiger partial charge < -0.3 is 16.0 Å². The Hall–Kier alpha value is -2.72. The van der Waals surface area contributed by atoms with Gasteiger partial charge in [-0.15, -0.1) is 23.1 Å². The predicted octanol–water partition coefficient (Wildman–Crippen LogP) is 7.81. The van der Waals surface area contributed by atoms with Crippen molar-refractivity contribution in [2.75, 3.05) is 16.0 Å². The average molecular weight is 584 g/mol. The van der Waals surface area contributed by atoms with E-state index in [1.54, 1.807) is 0 Å². The number of carbonyl (C=O) groups excluding carboxylic acids is 1. The Morgan fingerprint density at radius 2 is 1.71 bits per heavy atom. The molecule has 4 rings (SSSR count). The lowest BCUT2D eigenvalue weighted by atomic mass is 10.2. The van der Waals surface area contributed by atoms with Crippen molar-refractivity contribution >= 4 is 78.8 Å². The van der Waals surface area contributed by atoms with Gasteiger partial charge in [-0.2, -0.15) is 0 Å². The number of benzene rings is 3. The van der Waals surface area contributed by atoms with Crippen LogP contribution >= 0.6 is 51.2 Å². The summed E-state index contributed by atoms with van der Waals surface area (Å²) in [6.07, 6.45) is 0. The Labute approximate surface area is 226 Å². The Bertz CT molecular complexity index is 1320. The van der Waals surface area contributed by atoms with E-state index in [9.17, 15) is 4.79 Å². The van der Waals surface area contributed by atoms with Gasteiger partial charge in [0.25, 0.3) is 0 Å². The van der Waals surface area contributed by atoms with Gasteiger partial charge >= 0.3 is 0 Å². The molecule has 3 N–H and O–H groups in total. The molecule has 0 fully saturated rings. The van der Waals surface area contributed by atoms with Crippen LogP contribution in [0.4, 0.5) is 16.5 Å². The van der Waals surface area contributed by atoms with Crippen LogP contribution in [0.3, 0.4) is 0 Å². The summed E-state index contributed by atoms with van der Waals surface area (Å²) < 4.78 is 1.01. The summed E-state index contributed by atoms with van der Waals surface area (Å²) in [5.74, 6) is -0.0957. The molecule has 35 heavy (non-hydrogen) atoms. The summed E-state index contributed by atoms with van der Waals surface area (Å²) in [5, 5.41) is 12.1. The van der Waals surface area contributed by atoms with Crippen LogP contribution in [-0.2, 0) is 4.79 Å². The van der Waals surface area contributed by atoms with Gasteiger partial charge in [-0.25, -0.2) is 4.98 Å². The number of aromatic nitrogens is 1. The van der Waals surface area contributed by atoms with Crippen LogP contribution in [0.25, 0.3) is 11.3 Å². The molecule has 1 unspecified atom stereocenters. The molecule has 0 spiro atoms. The van der Waals surface area contributed by atoms with Gasteiger partial charge in [0.05, 0.1) is 10.9 Å². The molecular formula is C26H23BrN4OS3. The van der Waals surface area contributed by atoms with Gasteiger partial charge in [0.2, 0.25) is 5.91 Å². The number of rotatable bonds is 7. The van der Waals surface area contributed by atoms with Gasteiger partial charge in [-0.1, -0.05) is 51.8 Å². The first-order valence-corrected chi connectivity index (χ1v) is 13.8. The van der Waals surface area contributed by atoms with E-state index in [2.05, 4.69) is 36.9 Å². The Morgan fingerprint density at radius 3 is 2.46 bits per heavy atom. The molecule has 0 saturated heterocycles. The molecule has 4 aromatic rings. The maximum atomic E-state index is 12.8. The lowest BCUT2D eigenvalue weighted by Gasteiger charge is -2.13. The van der Waals surface area contributed by atoms with Crippen LogP contribution in [0, 0.1) is 6.92 Å². The first-order valence-electron chi connectivity index (χ1n) is 10.8. The highest BCUT2D eigenvalue weighted by Gasteiger charge is 2.17. The van der Waals surface area contributed by atoms with E-state index >= 15 is 0 Å². The molecule has 1 aromatic heterocycles. The molecule has 0 aliphatic carbocycles.